The van der Waals surface area contributed by atoms with E-state index in [1.54, 1.807) is 13.1 Å². The molecule has 0 fully saturated rings. The van der Waals surface area contributed by atoms with E-state index in [0.717, 1.165) is 23.9 Å². The largest absolute Gasteiger partial charge is 0.573 e. The van der Waals surface area contributed by atoms with E-state index in [0.29, 0.717) is 12.4 Å². The standard InChI is InChI=1S/C22H31F3N4O2/c1-9-29(14-13-27(5)6)21(16(2)17(3)28(7)8)26-18(4)30-19-11-10-12-20(15-19)31-22(23,24)25/h9-12,15H,1,3,13-14H2,2,4-8H3/b21-16-,26-18?. The third-order valence-corrected chi connectivity index (χ3v) is 4.16. The summed E-state index contributed by atoms with van der Waals surface area (Å²) in [6.07, 6.45) is -3.11. The van der Waals surface area contributed by atoms with Crippen LogP contribution >= 0.6 is 0 Å². The zero-order valence-corrected chi connectivity index (χ0v) is 19.0. The number of alkyl halides is 3. The highest BCUT2D eigenvalue weighted by atomic mass is 19.4. The van der Waals surface area contributed by atoms with Crippen LogP contribution in [0, 0.1) is 0 Å². The summed E-state index contributed by atoms with van der Waals surface area (Å²) in [5, 5.41) is 0. The van der Waals surface area contributed by atoms with E-state index in [2.05, 4.69) is 22.9 Å². The summed E-state index contributed by atoms with van der Waals surface area (Å²) < 4.78 is 47.0. The minimum absolute atomic E-state index is 0.171. The molecule has 1 aromatic rings. The van der Waals surface area contributed by atoms with Gasteiger partial charge < -0.3 is 24.2 Å². The van der Waals surface area contributed by atoms with E-state index in [1.807, 2.05) is 49.8 Å². The third-order valence-electron chi connectivity index (χ3n) is 4.16. The zero-order valence-electron chi connectivity index (χ0n) is 19.0. The molecule has 0 aliphatic rings. The number of aliphatic imine (C=N–C) groups is 1. The maximum Gasteiger partial charge on any atom is 0.573 e. The molecule has 0 unspecified atom stereocenters. The molecular weight excluding hydrogens is 409 g/mol. The summed E-state index contributed by atoms with van der Waals surface area (Å²) in [5.41, 5.74) is 1.56. The molecule has 0 saturated heterocycles. The Bertz CT molecular complexity index is 830. The molecule has 6 nitrogen and oxygen atoms in total. The molecule has 31 heavy (non-hydrogen) atoms. The van der Waals surface area contributed by atoms with Crippen molar-refractivity contribution in [1.29, 1.82) is 0 Å². The molecule has 1 aromatic carbocycles. The van der Waals surface area contributed by atoms with Gasteiger partial charge in [0.25, 0.3) is 0 Å². The second kappa shape index (κ2) is 11.5. The molecule has 0 amide bonds. The smallest absolute Gasteiger partial charge is 0.443 e. The first-order valence-corrected chi connectivity index (χ1v) is 9.54. The highest BCUT2D eigenvalue weighted by Gasteiger charge is 2.31. The fraction of sp³-hybridized carbons (Fsp3) is 0.409. The van der Waals surface area contributed by atoms with Gasteiger partial charge in [0.1, 0.15) is 17.3 Å². The Morgan fingerprint density at radius 1 is 1.10 bits per heavy atom. The number of hydrogen-bond donors (Lipinski definition) is 0. The van der Waals surface area contributed by atoms with Crippen molar-refractivity contribution >= 4 is 5.90 Å². The van der Waals surface area contributed by atoms with Gasteiger partial charge in [0.2, 0.25) is 0 Å². The number of likely N-dealkylation sites (N-methyl/N-ethyl adjacent to an activating group) is 2. The average molecular weight is 441 g/mol. The molecule has 0 heterocycles. The summed E-state index contributed by atoms with van der Waals surface area (Å²) in [6.45, 7) is 12.9. The maximum atomic E-state index is 12.5. The fourth-order valence-electron chi connectivity index (χ4n) is 2.50. The topological polar surface area (TPSA) is 40.5 Å². The lowest BCUT2D eigenvalue weighted by molar-refractivity contribution is -0.274. The van der Waals surface area contributed by atoms with Gasteiger partial charge in [-0.25, -0.2) is 0 Å². The van der Waals surface area contributed by atoms with Crippen molar-refractivity contribution in [2.45, 2.75) is 20.2 Å². The van der Waals surface area contributed by atoms with Crippen LogP contribution < -0.4 is 9.47 Å². The van der Waals surface area contributed by atoms with Crippen molar-refractivity contribution in [1.82, 2.24) is 14.7 Å². The Labute approximate surface area is 182 Å². The zero-order chi connectivity index (χ0) is 23.8. The monoisotopic (exact) mass is 440 g/mol. The van der Waals surface area contributed by atoms with Crippen molar-refractivity contribution in [2.24, 2.45) is 4.99 Å². The SMILES string of the molecule is C=CN(CCN(C)C)/C(N=C(C)Oc1cccc(OC(F)(F)F)c1)=C(/C)C(=C)N(C)C. The summed E-state index contributed by atoms with van der Waals surface area (Å²) in [7, 11) is 7.68. The summed E-state index contributed by atoms with van der Waals surface area (Å²) in [4.78, 5) is 10.4. The predicted molar refractivity (Wildman–Crippen MR) is 118 cm³/mol. The first-order valence-electron chi connectivity index (χ1n) is 9.54. The Morgan fingerprint density at radius 3 is 2.23 bits per heavy atom. The normalized spacial score (nSPS) is 12.9. The van der Waals surface area contributed by atoms with Gasteiger partial charge in [-0.2, -0.15) is 4.99 Å². The van der Waals surface area contributed by atoms with E-state index in [-0.39, 0.29) is 17.4 Å². The van der Waals surface area contributed by atoms with Crippen molar-refractivity contribution in [3.63, 3.8) is 0 Å². The number of allylic oxidation sites excluding steroid dienone is 1. The van der Waals surface area contributed by atoms with E-state index < -0.39 is 6.36 Å². The molecule has 172 valence electrons. The lowest BCUT2D eigenvalue weighted by Crippen LogP contribution is -2.29. The third kappa shape index (κ3) is 9.17. The van der Waals surface area contributed by atoms with Crippen LogP contribution in [-0.4, -0.2) is 68.2 Å². The van der Waals surface area contributed by atoms with Crippen LogP contribution in [0.15, 0.2) is 65.7 Å². The van der Waals surface area contributed by atoms with Crippen molar-refractivity contribution in [3.8, 4) is 11.5 Å². The quantitative estimate of drug-likeness (QED) is 0.300. The minimum atomic E-state index is -4.78. The lowest BCUT2D eigenvalue weighted by Gasteiger charge is -2.26. The number of rotatable bonds is 10. The summed E-state index contributed by atoms with van der Waals surface area (Å²) in [6, 6.07) is 5.28. The van der Waals surface area contributed by atoms with Gasteiger partial charge >= 0.3 is 6.36 Å². The fourth-order valence-corrected chi connectivity index (χ4v) is 2.50. The predicted octanol–water partition coefficient (Wildman–Crippen LogP) is 4.70. The summed E-state index contributed by atoms with van der Waals surface area (Å²) in [5.74, 6) is 0.617. The van der Waals surface area contributed by atoms with Gasteiger partial charge in [-0.3, -0.25) is 0 Å². The molecule has 0 bridgehead atoms. The number of benzene rings is 1. The minimum Gasteiger partial charge on any atom is -0.443 e. The van der Waals surface area contributed by atoms with Crippen LogP contribution in [0.5, 0.6) is 11.5 Å². The van der Waals surface area contributed by atoms with Gasteiger partial charge in [-0.1, -0.05) is 19.2 Å². The Hall–Kier alpha value is -2.94. The highest BCUT2D eigenvalue weighted by Crippen LogP contribution is 2.26. The molecule has 9 heteroatoms. The van der Waals surface area contributed by atoms with Crippen LogP contribution in [0.1, 0.15) is 13.8 Å². The van der Waals surface area contributed by atoms with Gasteiger partial charge in [-0.05, 0) is 39.4 Å². The molecule has 0 atom stereocenters. The van der Waals surface area contributed by atoms with Crippen LogP contribution in [0.2, 0.25) is 0 Å². The molecule has 0 aromatic heterocycles. The van der Waals surface area contributed by atoms with Crippen LogP contribution in [0.3, 0.4) is 0 Å². The van der Waals surface area contributed by atoms with Gasteiger partial charge in [0.15, 0.2) is 5.90 Å². The van der Waals surface area contributed by atoms with Crippen molar-refractivity contribution in [2.75, 3.05) is 41.3 Å². The average Bonchev–Trinajstić information content (AvgIpc) is 2.64. The first kappa shape index (κ1) is 26.1. The Morgan fingerprint density at radius 2 is 1.71 bits per heavy atom. The Kier molecular flexibility index (Phi) is 9.64. The summed E-state index contributed by atoms with van der Waals surface area (Å²) >= 11 is 0. The van der Waals surface area contributed by atoms with Crippen LogP contribution in [-0.2, 0) is 0 Å². The number of ether oxygens (including phenoxy) is 2. The van der Waals surface area contributed by atoms with Gasteiger partial charge in [-0.15, -0.1) is 13.2 Å². The van der Waals surface area contributed by atoms with E-state index in [4.69, 9.17) is 4.74 Å². The molecule has 1 rings (SSSR count). The highest BCUT2D eigenvalue weighted by molar-refractivity contribution is 5.77. The second-order valence-electron chi connectivity index (χ2n) is 7.22. The lowest BCUT2D eigenvalue weighted by atomic mass is 10.2. The molecule has 0 saturated carbocycles. The van der Waals surface area contributed by atoms with Crippen LogP contribution in [0.25, 0.3) is 0 Å². The molecule has 0 spiro atoms. The number of hydrogen-bond acceptors (Lipinski definition) is 6. The maximum absolute atomic E-state index is 12.5. The molecule has 0 radical (unpaired) electrons. The van der Waals surface area contributed by atoms with Crippen molar-refractivity contribution in [3.05, 3.63) is 60.7 Å². The number of halogens is 3. The Balaban J connectivity index is 3.25. The molecule has 0 aliphatic heterocycles. The molecule has 0 N–H and O–H groups in total. The van der Waals surface area contributed by atoms with Crippen molar-refractivity contribution < 1.29 is 22.6 Å². The molecular formula is C22H31F3N4O2. The van der Waals surface area contributed by atoms with Crippen LogP contribution in [0.4, 0.5) is 13.2 Å². The number of nitrogens with zero attached hydrogens (tertiary/aromatic N) is 4. The second-order valence-corrected chi connectivity index (χ2v) is 7.22. The molecule has 0 aliphatic carbocycles. The first-order chi connectivity index (χ1) is 14.3. The van der Waals surface area contributed by atoms with Gasteiger partial charge in [0.05, 0.1) is 0 Å². The van der Waals surface area contributed by atoms with Gasteiger partial charge in [0, 0.05) is 51.4 Å². The van der Waals surface area contributed by atoms with E-state index in [9.17, 15) is 13.2 Å². The van der Waals surface area contributed by atoms with E-state index in [1.165, 1.54) is 18.2 Å². The van der Waals surface area contributed by atoms with E-state index >= 15 is 0 Å².